The molecule has 0 bridgehead atoms. The number of ether oxygens (including phenoxy) is 1. The predicted octanol–water partition coefficient (Wildman–Crippen LogP) is 2.80. The summed E-state index contributed by atoms with van der Waals surface area (Å²) in [6.45, 7) is 0. The molecule has 2 atom stereocenters. The van der Waals surface area contributed by atoms with Crippen LogP contribution in [0.2, 0.25) is 0 Å². The molecule has 1 N–H and O–H groups in total. The van der Waals surface area contributed by atoms with E-state index >= 15 is 0 Å². The van der Waals surface area contributed by atoms with Gasteiger partial charge in [-0.2, -0.15) is 0 Å². The normalized spacial score (nSPS) is 21.1. The summed E-state index contributed by atoms with van der Waals surface area (Å²) in [7, 11) is 5.80. The highest BCUT2D eigenvalue weighted by Crippen LogP contribution is 2.40. The summed E-state index contributed by atoms with van der Waals surface area (Å²) in [5, 5.41) is 5.04. The van der Waals surface area contributed by atoms with Crippen molar-refractivity contribution in [3.63, 3.8) is 0 Å². The molecular formula is C16H21N3OS. The first-order valence-electron chi connectivity index (χ1n) is 7.21. The number of thioether (sulfide) groups is 1. The molecule has 0 saturated carbocycles. The third-order valence-corrected chi connectivity index (χ3v) is 5.52. The molecule has 0 saturated heterocycles. The molecule has 2 unspecified atom stereocenters. The highest BCUT2D eigenvalue weighted by molar-refractivity contribution is 7.99. The van der Waals surface area contributed by atoms with E-state index in [2.05, 4.69) is 33.1 Å². The van der Waals surface area contributed by atoms with E-state index in [4.69, 9.17) is 4.74 Å². The summed E-state index contributed by atoms with van der Waals surface area (Å²) in [5.41, 5.74) is 2.78. The van der Waals surface area contributed by atoms with Gasteiger partial charge in [0.25, 0.3) is 0 Å². The molecular weight excluding hydrogens is 282 g/mol. The Hall–Kier alpha value is -1.46. The lowest BCUT2D eigenvalue weighted by molar-refractivity contribution is 0.411. The summed E-state index contributed by atoms with van der Waals surface area (Å²) < 4.78 is 7.46. The summed E-state index contributed by atoms with van der Waals surface area (Å²) in [6.07, 6.45) is 6.12. The smallest absolute Gasteiger partial charge is 0.168 e. The van der Waals surface area contributed by atoms with Crippen LogP contribution in [0.25, 0.3) is 0 Å². The molecule has 1 aliphatic rings. The Labute approximate surface area is 129 Å². The first-order chi connectivity index (χ1) is 10.2. The fourth-order valence-corrected chi connectivity index (χ4v) is 4.23. The highest BCUT2D eigenvalue weighted by atomic mass is 32.2. The maximum atomic E-state index is 5.38. The van der Waals surface area contributed by atoms with Gasteiger partial charge in [0.2, 0.25) is 0 Å². The topological polar surface area (TPSA) is 39.1 Å². The van der Waals surface area contributed by atoms with Gasteiger partial charge < -0.3 is 14.6 Å². The number of rotatable bonds is 4. The molecule has 1 aromatic carbocycles. The van der Waals surface area contributed by atoms with Crippen molar-refractivity contribution >= 4 is 11.8 Å². The zero-order chi connectivity index (χ0) is 14.8. The number of benzene rings is 1. The number of aromatic nitrogens is 2. The second kappa shape index (κ2) is 6.12. The molecule has 5 heteroatoms. The standard InChI is InChI=1S/C16H21N3OS/c1-17-15-13-10-12(20-3)6-4-11(13)5-7-14(15)21-16-18-8-9-19(16)2/h4,6,8-10,14-15,17H,5,7H2,1-3H3. The van der Waals surface area contributed by atoms with Gasteiger partial charge in [-0.3, -0.25) is 0 Å². The maximum Gasteiger partial charge on any atom is 0.168 e. The van der Waals surface area contributed by atoms with Crippen molar-refractivity contribution in [3.8, 4) is 5.75 Å². The average Bonchev–Trinajstić information content (AvgIpc) is 2.91. The van der Waals surface area contributed by atoms with Crippen LogP contribution in [0.4, 0.5) is 0 Å². The Morgan fingerprint density at radius 3 is 2.95 bits per heavy atom. The van der Waals surface area contributed by atoms with Crippen LogP contribution in [0.5, 0.6) is 5.75 Å². The molecule has 2 aromatic rings. The summed E-state index contributed by atoms with van der Waals surface area (Å²) >= 11 is 1.86. The number of nitrogens with one attached hydrogen (secondary N) is 1. The number of hydrogen-bond acceptors (Lipinski definition) is 4. The van der Waals surface area contributed by atoms with Gasteiger partial charge in [-0.1, -0.05) is 17.8 Å². The SMILES string of the molecule is CNC1c2cc(OC)ccc2CCC1Sc1nccn1C. The molecule has 3 rings (SSSR count). The fourth-order valence-electron chi connectivity index (χ4n) is 2.95. The Bertz CT molecular complexity index is 626. The molecule has 1 heterocycles. The Balaban J connectivity index is 1.88. The van der Waals surface area contributed by atoms with Crippen LogP contribution in [-0.2, 0) is 13.5 Å². The number of imidazole rings is 1. The van der Waals surface area contributed by atoms with Gasteiger partial charge in [0.05, 0.1) is 7.11 Å². The lowest BCUT2D eigenvalue weighted by Crippen LogP contribution is -2.32. The largest absolute Gasteiger partial charge is 0.497 e. The van der Waals surface area contributed by atoms with Gasteiger partial charge in [0.1, 0.15) is 5.75 Å². The van der Waals surface area contributed by atoms with Crippen LogP contribution >= 0.6 is 11.8 Å². The summed E-state index contributed by atoms with van der Waals surface area (Å²) in [6, 6.07) is 6.74. The fraction of sp³-hybridized carbons (Fsp3) is 0.438. The quantitative estimate of drug-likeness (QED) is 0.943. The van der Waals surface area contributed by atoms with Crippen LogP contribution in [-0.4, -0.2) is 29.0 Å². The molecule has 21 heavy (non-hydrogen) atoms. The Morgan fingerprint density at radius 2 is 2.29 bits per heavy atom. The number of fused-ring (bicyclic) bond motifs is 1. The second-order valence-electron chi connectivity index (χ2n) is 5.35. The minimum absolute atomic E-state index is 0.325. The van der Waals surface area contributed by atoms with Crippen LogP contribution in [0, 0.1) is 0 Å². The molecule has 0 spiro atoms. The number of hydrogen-bond donors (Lipinski definition) is 1. The van der Waals surface area contributed by atoms with Crippen molar-refractivity contribution in [2.75, 3.05) is 14.2 Å². The van der Waals surface area contributed by atoms with Crippen molar-refractivity contribution in [2.24, 2.45) is 7.05 Å². The van der Waals surface area contributed by atoms with Crippen molar-refractivity contribution in [3.05, 3.63) is 41.7 Å². The van der Waals surface area contributed by atoms with Gasteiger partial charge >= 0.3 is 0 Å². The maximum absolute atomic E-state index is 5.38. The number of nitrogens with zero attached hydrogens (tertiary/aromatic N) is 2. The van der Waals surface area contributed by atoms with E-state index < -0.39 is 0 Å². The van der Waals surface area contributed by atoms with Crippen LogP contribution in [0.1, 0.15) is 23.6 Å². The molecule has 112 valence electrons. The van der Waals surface area contributed by atoms with Crippen LogP contribution < -0.4 is 10.1 Å². The van der Waals surface area contributed by atoms with Gasteiger partial charge in [0.15, 0.2) is 5.16 Å². The minimum atomic E-state index is 0.325. The van der Waals surface area contributed by atoms with Crippen molar-refractivity contribution in [1.29, 1.82) is 0 Å². The molecule has 1 aromatic heterocycles. The summed E-state index contributed by atoms with van der Waals surface area (Å²) in [4.78, 5) is 4.44. The van der Waals surface area contributed by atoms with Gasteiger partial charge in [0, 0.05) is 30.7 Å². The lowest BCUT2D eigenvalue weighted by atomic mass is 9.87. The van der Waals surface area contributed by atoms with E-state index in [1.807, 2.05) is 38.3 Å². The van der Waals surface area contributed by atoms with E-state index in [1.165, 1.54) is 11.1 Å². The first kappa shape index (κ1) is 14.5. The summed E-state index contributed by atoms with van der Waals surface area (Å²) in [5.74, 6) is 0.927. The molecule has 1 aliphatic carbocycles. The van der Waals surface area contributed by atoms with E-state index in [-0.39, 0.29) is 0 Å². The second-order valence-corrected chi connectivity index (χ2v) is 6.55. The van der Waals surface area contributed by atoms with Crippen molar-refractivity contribution in [1.82, 2.24) is 14.9 Å². The van der Waals surface area contributed by atoms with E-state index in [0.717, 1.165) is 23.7 Å². The van der Waals surface area contributed by atoms with Gasteiger partial charge in [-0.15, -0.1) is 0 Å². The molecule has 0 amide bonds. The number of aryl methyl sites for hydroxylation is 2. The van der Waals surface area contributed by atoms with Crippen LogP contribution in [0.3, 0.4) is 0 Å². The molecule has 4 nitrogen and oxygen atoms in total. The van der Waals surface area contributed by atoms with E-state index in [9.17, 15) is 0 Å². The average molecular weight is 303 g/mol. The molecule has 0 aliphatic heterocycles. The predicted molar refractivity (Wildman–Crippen MR) is 86.0 cm³/mol. The molecule has 0 radical (unpaired) electrons. The van der Waals surface area contributed by atoms with Gasteiger partial charge in [-0.05, 0) is 43.1 Å². The third-order valence-electron chi connectivity index (χ3n) is 4.10. The zero-order valence-corrected chi connectivity index (χ0v) is 13.5. The first-order valence-corrected chi connectivity index (χ1v) is 8.09. The highest BCUT2D eigenvalue weighted by Gasteiger charge is 2.30. The van der Waals surface area contributed by atoms with Gasteiger partial charge in [-0.25, -0.2) is 4.98 Å². The Kier molecular flexibility index (Phi) is 4.22. The monoisotopic (exact) mass is 303 g/mol. The third kappa shape index (κ3) is 2.80. The lowest BCUT2D eigenvalue weighted by Gasteiger charge is -2.33. The van der Waals surface area contributed by atoms with Crippen LogP contribution in [0.15, 0.2) is 35.7 Å². The van der Waals surface area contributed by atoms with E-state index in [1.54, 1.807) is 7.11 Å². The minimum Gasteiger partial charge on any atom is -0.497 e. The Morgan fingerprint density at radius 1 is 1.43 bits per heavy atom. The van der Waals surface area contributed by atoms with E-state index in [0.29, 0.717) is 11.3 Å². The molecule has 0 fully saturated rings. The van der Waals surface area contributed by atoms with Crippen molar-refractivity contribution < 1.29 is 4.74 Å². The van der Waals surface area contributed by atoms with Crippen molar-refractivity contribution in [2.45, 2.75) is 29.3 Å². The number of methoxy groups -OCH3 is 1. The zero-order valence-electron chi connectivity index (χ0n) is 12.7.